The maximum atomic E-state index is 6.13. The van der Waals surface area contributed by atoms with E-state index in [1.165, 1.54) is 0 Å². The number of hydrogen-bond donors (Lipinski definition) is 0. The Morgan fingerprint density at radius 3 is 2.35 bits per heavy atom. The summed E-state index contributed by atoms with van der Waals surface area (Å²) in [6.07, 6.45) is 1.76. The molecular weight excluding hydrogens is 343 g/mol. The largest absolute Gasteiger partial charge is 0.215 e. The molecule has 0 fully saturated rings. The van der Waals surface area contributed by atoms with Gasteiger partial charge in [-0.3, -0.25) is 0 Å². The van der Waals surface area contributed by atoms with E-state index in [1.54, 1.807) is 11.3 Å². The maximum Gasteiger partial charge on any atom is 0.172 e. The molecule has 2 aromatic rings. The fourth-order valence-electron chi connectivity index (χ4n) is 1.43. The molecule has 90 valence electrons. The van der Waals surface area contributed by atoms with Gasteiger partial charge in [-0.25, -0.2) is 9.97 Å². The molecule has 0 bridgehead atoms. The highest BCUT2D eigenvalue weighted by Crippen LogP contribution is 2.32. The van der Waals surface area contributed by atoms with E-state index in [1.807, 2.05) is 12.1 Å². The third-order valence-corrected chi connectivity index (χ3v) is 4.44. The molecule has 0 aliphatic carbocycles. The van der Waals surface area contributed by atoms with E-state index in [2.05, 4.69) is 32.8 Å². The Bertz CT molecular complexity index is 519. The number of nitrogens with zero attached hydrogens (tertiary/aromatic N) is 2. The van der Waals surface area contributed by atoms with Gasteiger partial charge < -0.3 is 0 Å². The van der Waals surface area contributed by atoms with Gasteiger partial charge in [0.15, 0.2) is 5.82 Å². The predicted molar refractivity (Wildman–Crippen MR) is 77.1 cm³/mol. The maximum absolute atomic E-state index is 6.13. The molecule has 2 heterocycles. The summed E-state index contributed by atoms with van der Waals surface area (Å²) >= 11 is 17.2. The average Bonchev–Trinajstić information content (AvgIpc) is 2.70. The third-order valence-electron chi connectivity index (χ3n) is 2.20. The lowest BCUT2D eigenvalue weighted by atomic mass is 10.2. The fraction of sp³-hybridized carbons (Fsp3) is 0.273. The first-order valence-electron chi connectivity index (χ1n) is 5.09. The molecule has 2 rings (SSSR count). The highest BCUT2D eigenvalue weighted by molar-refractivity contribution is 9.11. The van der Waals surface area contributed by atoms with Crippen molar-refractivity contribution in [3.8, 4) is 10.7 Å². The molecule has 0 aromatic carbocycles. The highest BCUT2D eigenvalue weighted by atomic mass is 79.9. The standard InChI is InChI=1S/C11H9BrCl2N2S/c1-2-3-6-9(13)15-11(16-10(6)14)7-4-5-8(12)17-7/h4-5H,2-3H2,1H3. The predicted octanol–water partition coefficient (Wildman–Crippen LogP) is 5.23. The number of thiophene rings is 1. The van der Waals surface area contributed by atoms with E-state index in [9.17, 15) is 0 Å². The van der Waals surface area contributed by atoms with Crippen LogP contribution in [0.2, 0.25) is 10.3 Å². The van der Waals surface area contributed by atoms with Crippen molar-refractivity contribution in [3.05, 3.63) is 31.8 Å². The van der Waals surface area contributed by atoms with E-state index < -0.39 is 0 Å². The van der Waals surface area contributed by atoms with Crippen LogP contribution >= 0.6 is 50.5 Å². The Morgan fingerprint density at radius 2 is 1.88 bits per heavy atom. The highest BCUT2D eigenvalue weighted by Gasteiger charge is 2.13. The molecule has 6 heteroatoms. The molecule has 0 saturated heterocycles. The zero-order valence-electron chi connectivity index (χ0n) is 9.01. The van der Waals surface area contributed by atoms with Gasteiger partial charge in [-0.1, -0.05) is 36.5 Å². The molecule has 0 atom stereocenters. The number of rotatable bonds is 3. The molecule has 2 nitrogen and oxygen atoms in total. The Hall–Kier alpha value is -0.160. The monoisotopic (exact) mass is 350 g/mol. The van der Waals surface area contributed by atoms with Gasteiger partial charge in [0.2, 0.25) is 0 Å². The molecule has 0 saturated carbocycles. The van der Waals surface area contributed by atoms with Crippen LogP contribution in [0, 0.1) is 0 Å². The minimum atomic E-state index is 0.450. The van der Waals surface area contributed by atoms with Gasteiger partial charge in [-0.2, -0.15) is 0 Å². The molecule has 2 aromatic heterocycles. The molecule has 0 amide bonds. The van der Waals surface area contributed by atoms with E-state index in [4.69, 9.17) is 23.2 Å². The van der Waals surface area contributed by atoms with Gasteiger partial charge in [0, 0.05) is 5.56 Å². The van der Waals surface area contributed by atoms with Crippen molar-refractivity contribution in [2.24, 2.45) is 0 Å². The van der Waals surface area contributed by atoms with Crippen LogP contribution in [0.3, 0.4) is 0 Å². The lowest BCUT2D eigenvalue weighted by Crippen LogP contribution is -1.96. The first-order valence-corrected chi connectivity index (χ1v) is 7.46. The lowest BCUT2D eigenvalue weighted by molar-refractivity contribution is 0.903. The third kappa shape index (κ3) is 2.99. The molecule has 17 heavy (non-hydrogen) atoms. The summed E-state index contributed by atoms with van der Waals surface area (Å²) in [4.78, 5) is 9.54. The smallest absolute Gasteiger partial charge is 0.172 e. The van der Waals surface area contributed by atoms with Gasteiger partial charge in [0.25, 0.3) is 0 Å². The van der Waals surface area contributed by atoms with Gasteiger partial charge in [0.05, 0.1) is 8.66 Å². The van der Waals surface area contributed by atoms with Crippen LogP contribution in [0.1, 0.15) is 18.9 Å². The summed E-state index contributed by atoms with van der Waals surface area (Å²) in [5.41, 5.74) is 0.829. The minimum absolute atomic E-state index is 0.450. The first-order chi connectivity index (χ1) is 8.11. The summed E-state index contributed by atoms with van der Waals surface area (Å²) in [6.45, 7) is 2.07. The fourth-order valence-corrected chi connectivity index (χ4v) is 3.33. The van der Waals surface area contributed by atoms with Crippen LogP contribution < -0.4 is 0 Å². The number of halogens is 3. The SMILES string of the molecule is CCCc1c(Cl)nc(-c2ccc(Br)s2)nc1Cl. The summed E-state index contributed by atoms with van der Waals surface area (Å²) < 4.78 is 1.03. The van der Waals surface area contributed by atoms with Gasteiger partial charge in [-0.05, 0) is 34.5 Å². The van der Waals surface area contributed by atoms with Crippen molar-refractivity contribution in [3.63, 3.8) is 0 Å². The van der Waals surface area contributed by atoms with Crippen molar-refractivity contribution in [1.82, 2.24) is 9.97 Å². The minimum Gasteiger partial charge on any atom is -0.215 e. The zero-order chi connectivity index (χ0) is 12.4. The zero-order valence-corrected chi connectivity index (χ0v) is 12.9. The van der Waals surface area contributed by atoms with Gasteiger partial charge in [-0.15, -0.1) is 11.3 Å². The Morgan fingerprint density at radius 1 is 1.24 bits per heavy atom. The van der Waals surface area contributed by atoms with Crippen LogP contribution in [0.4, 0.5) is 0 Å². The molecule has 0 radical (unpaired) electrons. The molecule has 0 aliphatic heterocycles. The Labute approximate surface area is 122 Å². The molecule has 0 spiro atoms. The quantitative estimate of drug-likeness (QED) is 0.708. The van der Waals surface area contributed by atoms with Crippen LogP contribution in [-0.2, 0) is 6.42 Å². The van der Waals surface area contributed by atoms with Crippen LogP contribution in [0.15, 0.2) is 15.9 Å². The molecule has 0 aliphatic rings. The summed E-state index contributed by atoms with van der Waals surface area (Å²) in [7, 11) is 0. The van der Waals surface area contributed by atoms with E-state index in [0.29, 0.717) is 16.1 Å². The van der Waals surface area contributed by atoms with Crippen molar-refractivity contribution in [2.75, 3.05) is 0 Å². The van der Waals surface area contributed by atoms with Gasteiger partial charge >= 0.3 is 0 Å². The van der Waals surface area contributed by atoms with Crippen LogP contribution in [0.5, 0.6) is 0 Å². The topological polar surface area (TPSA) is 25.8 Å². The van der Waals surface area contributed by atoms with Crippen LogP contribution in [0.25, 0.3) is 10.7 Å². The molecule has 0 N–H and O–H groups in total. The molecule has 0 unspecified atom stereocenters. The second-order valence-corrected chi connectivity index (χ2v) is 6.64. The van der Waals surface area contributed by atoms with Crippen molar-refractivity contribution < 1.29 is 0 Å². The van der Waals surface area contributed by atoms with Gasteiger partial charge in [0.1, 0.15) is 10.3 Å². The number of aromatic nitrogens is 2. The first kappa shape index (κ1) is 13.3. The average molecular weight is 352 g/mol. The summed E-state index contributed by atoms with van der Waals surface area (Å²) in [6, 6.07) is 3.89. The second kappa shape index (κ2) is 5.65. The lowest BCUT2D eigenvalue weighted by Gasteiger charge is -2.05. The Kier molecular flexibility index (Phi) is 4.42. The van der Waals surface area contributed by atoms with E-state index in [0.717, 1.165) is 27.1 Å². The normalized spacial score (nSPS) is 10.8. The van der Waals surface area contributed by atoms with Crippen molar-refractivity contribution in [2.45, 2.75) is 19.8 Å². The summed E-state index contributed by atoms with van der Waals surface area (Å²) in [5.74, 6) is 0.579. The van der Waals surface area contributed by atoms with E-state index >= 15 is 0 Å². The Balaban J connectivity index is 2.45. The summed E-state index contributed by atoms with van der Waals surface area (Å²) in [5, 5.41) is 0.901. The van der Waals surface area contributed by atoms with Crippen molar-refractivity contribution in [1.29, 1.82) is 0 Å². The van der Waals surface area contributed by atoms with Crippen molar-refractivity contribution >= 4 is 50.5 Å². The van der Waals surface area contributed by atoms with Crippen LogP contribution in [-0.4, -0.2) is 9.97 Å². The van der Waals surface area contributed by atoms with E-state index in [-0.39, 0.29) is 0 Å². The molecular formula is C11H9BrCl2N2S. The second-order valence-electron chi connectivity index (χ2n) is 3.46. The number of hydrogen-bond acceptors (Lipinski definition) is 3.